The van der Waals surface area contributed by atoms with E-state index in [4.69, 9.17) is 27.5 Å². The van der Waals surface area contributed by atoms with Crippen LogP contribution in [0.2, 0.25) is 5.02 Å². The molecular weight excluding hydrogens is 257 g/mol. The van der Waals surface area contributed by atoms with Gasteiger partial charge >= 0.3 is 0 Å². The molecule has 6 heteroatoms. The van der Waals surface area contributed by atoms with Crippen molar-refractivity contribution in [1.82, 2.24) is 4.98 Å². The fourth-order valence-corrected chi connectivity index (χ4v) is 1.50. The molecule has 0 saturated carbocycles. The van der Waals surface area contributed by atoms with E-state index >= 15 is 0 Å². The number of rotatable bonds is 3. The van der Waals surface area contributed by atoms with Crippen LogP contribution in [0.1, 0.15) is 5.56 Å². The number of halogens is 2. The molecule has 0 radical (unpaired) electrons. The molecule has 0 aliphatic rings. The van der Waals surface area contributed by atoms with Gasteiger partial charge in [0.15, 0.2) is 0 Å². The Hall–Kier alpha value is -2.14. The highest BCUT2D eigenvalue weighted by molar-refractivity contribution is 6.30. The molecule has 0 atom stereocenters. The van der Waals surface area contributed by atoms with Gasteiger partial charge in [-0.3, -0.25) is 5.41 Å². The van der Waals surface area contributed by atoms with Gasteiger partial charge in [-0.1, -0.05) is 11.6 Å². The highest BCUT2D eigenvalue weighted by Crippen LogP contribution is 2.26. The second kappa shape index (κ2) is 5.01. The first kappa shape index (κ1) is 12.3. The summed E-state index contributed by atoms with van der Waals surface area (Å²) in [5.41, 5.74) is 5.76. The standard InChI is InChI=1S/C12H9ClFN3O/c13-9-6-7(3-4-10(9)14)18-12-8(11(15)16)2-1-5-17-12/h1-6H,(H3,15,16). The zero-order chi connectivity index (χ0) is 13.1. The number of hydrogen-bond donors (Lipinski definition) is 2. The zero-order valence-electron chi connectivity index (χ0n) is 9.15. The SMILES string of the molecule is N=C(N)c1cccnc1Oc1ccc(F)c(Cl)c1. The van der Waals surface area contributed by atoms with Gasteiger partial charge in [-0.25, -0.2) is 9.37 Å². The summed E-state index contributed by atoms with van der Waals surface area (Å²) in [5.74, 6) is -0.196. The lowest BCUT2D eigenvalue weighted by Crippen LogP contribution is -2.12. The van der Waals surface area contributed by atoms with Gasteiger partial charge in [-0.15, -0.1) is 0 Å². The molecule has 0 aliphatic heterocycles. The van der Waals surface area contributed by atoms with E-state index in [-0.39, 0.29) is 16.7 Å². The average Bonchev–Trinajstić information content (AvgIpc) is 2.34. The third-order valence-electron chi connectivity index (χ3n) is 2.17. The van der Waals surface area contributed by atoms with Crippen molar-refractivity contribution in [1.29, 1.82) is 5.41 Å². The van der Waals surface area contributed by atoms with E-state index in [1.165, 1.54) is 24.4 Å². The van der Waals surface area contributed by atoms with Gasteiger partial charge < -0.3 is 10.5 Å². The minimum absolute atomic E-state index is 0.0483. The first-order valence-corrected chi connectivity index (χ1v) is 5.38. The van der Waals surface area contributed by atoms with Crippen molar-refractivity contribution in [3.05, 3.63) is 52.9 Å². The number of pyridine rings is 1. The number of benzene rings is 1. The number of nitrogens with zero attached hydrogens (tertiary/aromatic N) is 1. The van der Waals surface area contributed by atoms with Gasteiger partial charge in [0.2, 0.25) is 5.88 Å². The Bertz CT molecular complexity index is 604. The van der Waals surface area contributed by atoms with Crippen LogP contribution >= 0.6 is 11.6 Å². The van der Waals surface area contributed by atoms with Crippen molar-refractivity contribution < 1.29 is 9.13 Å². The first-order chi connectivity index (χ1) is 8.58. The largest absolute Gasteiger partial charge is 0.438 e. The molecule has 1 heterocycles. The van der Waals surface area contributed by atoms with E-state index in [0.29, 0.717) is 11.3 Å². The van der Waals surface area contributed by atoms with Gasteiger partial charge in [-0.2, -0.15) is 0 Å². The van der Waals surface area contributed by atoms with E-state index in [2.05, 4.69) is 4.98 Å². The third kappa shape index (κ3) is 2.57. The van der Waals surface area contributed by atoms with E-state index in [1.54, 1.807) is 12.1 Å². The van der Waals surface area contributed by atoms with Crippen molar-refractivity contribution in [2.75, 3.05) is 0 Å². The van der Waals surface area contributed by atoms with Crippen molar-refractivity contribution in [3.8, 4) is 11.6 Å². The molecule has 0 spiro atoms. The number of amidine groups is 1. The molecule has 2 rings (SSSR count). The van der Waals surface area contributed by atoms with Crippen LogP contribution in [-0.4, -0.2) is 10.8 Å². The molecule has 0 saturated heterocycles. The van der Waals surface area contributed by atoms with E-state index in [1.807, 2.05) is 0 Å². The van der Waals surface area contributed by atoms with Gasteiger partial charge in [-0.05, 0) is 24.3 Å². The molecule has 0 aliphatic carbocycles. The van der Waals surface area contributed by atoms with Crippen LogP contribution in [0.3, 0.4) is 0 Å². The molecule has 92 valence electrons. The Labute approximate surface area is 108 Å². The summed E-state index contributed by atoms with van der Waals surface area (Å²) in [7, 11) is 0. The lowest BCUT2D eigenvalue weighted by molar-refractivity contribution is 0.460. The van der Waals surface area contributed by atoms with Gasteiger partial charge in [0, 0.05) is 12.3 Å². The molecular formula is C12H9ClFN3O. The van der Waals surface area contributed by atoms with Gasteiger partial charge in [0.1, 0.15) is 17.4 Å². The monoisotopic (exact) mass is 265 g/mol. The fourth-order valence-electron chi connectivity index (χ4n) is 1.33. The highest BCUT2D eigenvalue weighted by atomic mass is 35.5. The number of hydrogen-bond acceptors (Lipinski definition) is 3. The summed E-state index contributed by atoms with van der Waals surface area (Å²) < 4.78 is 18.4. The molecule has 0 amide bonds. The maximum absolute atomic E-state index is 13.0. The first-order valence-electron chi connectivity index (χ1n) is 5.00. The summed E-state index contributed by atoms with van der Waals surface area (Å²) >= 11 is 5.64. The zero-order valence-corrected chi connectivity index (χ0v) is 9.91. The third-order valence-corrected chi connectivity index (χ3v) is 2.46. The van der Waals surface area contributed by atoms with Crippen LogP contribution in [0.5, 0.6) is 11.6 Å². The quantitative estimate of drug-likeness (QED) is 0.662. The van der Waals surface area contributed by atoms with E-state index < -0.39 is 5.82 Å². The van der Waals surface area contributed by atoms with Crippen molar-refractivity contribution in [2.45, 2.75) is 0 Å². The van der Waals surface area contributed by atoms with E-state index in [9.17, 15) is 4.39 Å². The molecule has 4 nitrogen and oxygen atoms in total. The molecule has 0 fully saturated rings. The smallest absolute Gasteiger partial charge is 0.230 e. The Morgan fingerprint density at radius 2 is 2.17 bits per heavy atom. The van der Waals surface area contributed by atoms with Crippen molar-refractivity contribution in [3.63, 3.8) is 0 Å². The Morgan fingerprint density at radius 1 is 1.39 bits per heavy atom. The lowest BCUT2D eigenvalue weighted by atomic mass is 10.2. The predicted molar refractivity (Wildman–Crippen MR) is 66.7 cm³/mol. The van der Waals surface area contributed by atoms with Crippen molar-refractivity contribution in [2.24, 2.45) is 5.73 Å². The van der Waals surface area contributed by atoms with Crippen LogP contribution in [0.25, 0.3) is 0 Å². The number of aromatic nitrogens is 1. The minimum atomic E-state index is -0.531. The fraction of sp³-hybridized carbons (Fsp3) is 0. The summed E-state index contributed by atoms with van der Waals surface area (Å²) in [6.45, 7) is 0. The molecule has 18 heavy (non-hydrogen) atoms. The van der Waals surface area contributed by atoms with Crippen LogP contribution in [0, 0.1) is 11.2 Å². The maximum atomic E-state index is 13.0. The maximum Gasteiger partial charge on any atom is 0.230 e. The highest BCUT2D eigenvalue weighted by Gasteiger charge is 2.09. The second-order valence-electron chi connectivity index (χ2n) is 3.45. The number of nitrogen functional groups attached to an aromatic ring is 1. The summed E-state index contributed by atoms with van der Waals surface area (Å²) in [4.78, 5) is 3.97. The Kier molecular flexibility index (Phi) is 3.43. The molecule has 0 unspecified atom stereocenters. The number of nitrogens with two attached hydrogens (primary N) is 1. The molecule has 3 N–H and O–H groups in total. The summed E-state index contributed by atoms with van der Waals surface area (Å²) in [5, 5.41) is 7.34. The van der Waals surface area contributed by atoms with Crippen LogP contribution in [0.4, 0.5) is 4.39 Å². The minimum Gasteiger partial charge on any atom is -0.438 e. The molecule has 1 aromatic heterocycles. The molecule has 0 bridgehead atoms. The summed E-state index contributed by atoms with van der Waals surface area (Å²) in [6, 6.07) is 7.18. The molecule has 1 aromatic carbocycles. The second-order valence-corrected chi connectivity index (χ2v) is 3.85. The van der Waals surface area contributed by atoms with Gasteiger partial charge in [0.25, 0.3) is 0 Å². The molecule has 2 aromatic rings. The summed E-state index contributed by atoms with van der Waals surface area (Å²) in [6.07, 6.45) is 1.51. The van der Waals surface area contributed by atoms with Crippen LogP contribution < -0.4 is 10.5 Å². The normalized spacial score (nSPS) is 10.1. The topological polar surface area (TPSA) is 72.0 Å². The number of nitrogens with one attached hydrogen (secondary N) is 1. The predicted octanol–water partition coefficient (Wildman–Crippen LogP) is 2.95. The lowest BCUT2D eigenvalue weighted by Gasteiger charge is -2.08. The number of ether oxygens (including phenoxy) is 1. The van der Waals surface area contributed by atoms with E-state index in [0.717, 1.165) is 0 Å². The average molecular weight is 266 g/mol. The van der Waals surface area contributed by atoms with Crippen molar-refractivity contribution >= 4 is 17.4 Å². The Balaban J connectivity index is 2.34. The van der Waals surface area contributed by atoms with Crippen LogP contribution in [-0.2, 0) is 0 Å². The Morgan fingerprint density at radius 3 is 2.83 bits per heavy atom. The van der Waals surface area contributed by atoms with Crippen LogP contribution in [0.15, 0.2) is 36.5 Å². The van der Waals surface area contributed by atoms with Gasteiger partial charge in [0.05, 0.1) is 10.6 Å².